The van der Waals surface area contributed by atoms with Crippen LogP contribution in [0.15, 0.2) is 42.7 Å². The van der Waals surface area contributed by atoms with Gasteiger partial charge in [0.05, 0.1) is 6.54 Å². The van der Waals surface area contributed by atoms with E-state index < -0.39 is 6.04 Å². The van der Waals surface area contributed by atoms with Gasteiger partial charge in [-0.2, -0.15) is 0 Å². The number of carbonyl (C=O) groups is 2. The van der Waals surface area contributed by atoms with E-state index in [4.69, 9.17) is 0 Å². The normalized spacial score (nSPS) is 24.5. The number of hydrogen-bond donors (Lipinski definition) is 1. The Morgan fingerprint density at radius 2 is 1.96 bits per heavy atom. The van der Waals surface area contributed by atoms with Gasteiger partial charge in [0.2, 0.25) is 5.91 Å². The van der Waals surface area contributed by atoms with Gasteiger partial charge >= 0.3 is 0 Å². The lowest BCUT2D eigenvalue weighted by atomic mass is 9.84. The molecule has 2 aliphatic rings. The average molecular weight is 366 g/mol. The molecule has 1 aliphatic carbocycles. The summed E-state index contributed by atoms with van der Waals surface area (Å²) < 4.78 is 1.89. The van der Waals surface area contributed by atoms with Crippen molar-refractivity contribution in [3.8, 4) is 0 Å². The summed E-state index contributed by atoms with van der Waals surface area (Å²) in [5.41, 5.74) is 0.658. The molecule has 1 N–H and O–H groups in total. The molecule has 6 heteroatoms. The molecule has 2 heterocycles. The van der Waals surface area contributed by atoms with Crippen molar-refractivity contribution < 1.29 is 9.59 Å². The fourth-order valence-corrected chi connectivity index (χ4v) is 4.57. The molecule has 2 aromatic rings. The fraction of sp³-hybridized carbons (Fsp3) is 0.476. The molecule has 0 spiro atoms. The van der Waals surface area contributed by atoms with Gasteiger partial charge < -0.3 is 14.8 Å². The highest BCUT2D eigenvalue weighted by molar-refractivity contribution is 5.98. The maximum absolute atomic E-state index is 13.2. The Morgan fingerprint density at radius 1 is 1.19 bits per heavy atom. The van der Waals surface area contributed by atoms with E-state index in [1.54, 1.807) is 6.20 Å². The van der Waals surface area contributed by atoms with Crippen molar-refractivity contribution in [1.82, 2.24) is 19.8 Å². The summed E-state index contributed by atoms with van der Waals surface area (Å²) in [5.74, 6) is 1.13. The van der Waals surface area contributed by atoms with E-state index in [1.165, 1.54) is 6.42 Å². The minimum atomic E-state index is -0.397. The molecule has 1 aromatic heterocycles. The number of likely N-dealkylation sites (tertiary alicyclic amines) is 1. The van der Waals surface area contributed by atoms with E-state index in [0.717, 1.165) is 31.5 Å². The minimum Gasteiger partial charge on any atom is -0.347 e. The third-order valence-electron chi connectivity index (χ3n) is 5.99. The summed E-state index contributed by atoms with van der Waals surface area (Å²) in [4.78, 5) is 32.4. The van der Waals surface area contributed by atoms with Crippen LogP contribution in [0.1, 0.15) is 48.3 Å². The van der Waals surface area contributed by atoms with Crippen LogP contribution < -0.4 is 5.32 Å². The van der Waals surface area contributed by atoms with Crippen molar-refractivity contribution in [1.29, 1.82) is 0 Å². The molecule has 27 heavy (non-hydrogen) atoms. The summed E-state index contributed by atoms with van der Waals surface area (Å²) in [6, 6.07) is 9.10. The van der Waals surface area contributed by atoms with Gasteiger partial charge in [0.25, 0.3) is 5.91 Å². The average Bonchev–Trinajstić information content (AvgIpc) is 3.29. The third-order valence-corrected chi connectivity index (χ3v) is 5.99. The highest BCUT2D eigenvalue weighted by Gasteiger charge is 2.47. The number of aromatic nitrogens is 2. The highest BCUT2D eigenvalue weighted by Crippen LogP contribution is 2.40. The van der Waals surface area contributed by atoms with E-state index in [0.29, 0.717) is 18.0 Å². The Balaban J connectivity index is 1.54. The van der Waals surface area contributed by atoms with Crippen molar-refractivity contribution in [3.63, 3.8) is 0 Å². The van der Waals surface area contributed by atoms with Crippen LogP contribution in [0.3, 0.4) is 0 Å². The zero-order valence-electron chi connectivity index (χ0n) is 15.7. The molecule has 6 nitrogen and oxygen atoms in total. The van der Waals surface area contributed by atoms with Crippen LogP contribution in [0.2, 0.25) is 0 Å². The first-order chi connectivity index (χ1) is 13.1. The number of nitrogens with zero attached hydrogens (tertiary/aromatic N) is 3. The SMILES string of the molecule is Cn1ccnc1CNC(=O)C1CC2CCCCC2N1C(=O)c1ccccc1. The van der Waals surface area contributed by atoms with Crippen LogP contribution in [0.25, 0.3) is 0 Å². The van der Waals surface area contributed by atoms with E-state index in [9.17, 15) is 9.59 Å². The lowest BCUT2D eigenvalue weighted by Gasteiger charge is -2.33. The minimum absolute atomic E-state index is 0.0258. The molecular formula is C21H26N4O2. The maximum Gasteiger partial charge on any atom is 0.254 e. The quantitative estimate of drug-likeness (QED) is 0.904. The fourth-order valence-electron chi connectivity index (χ4n) is 4.57. The summed E-state index contributed by atoms with van der Waals surface area (Å²) in [6.07, 6.45) is 8.75. The zero-order valence-corrected chi connectivity index (χ0v) is 15.7. The third kappa shape index (κ3) is 3.48. The van der Waals surface area contributed by atoms with Gasteiger partial charge in [0.15, 0.2) is 0 Å². The molecule has 1 saturated heterocycles. The molecule has 2 amide bonds. The number of amides is 2. The van der Waals surface area contributed by atoms with Crippen molar-refractivity contribution in [3.05, 3.63) is 54.1 Å². The Hall–Kier alpha value is -2.63. The molecule has 1 aliphatic heterocycles. The van der Waals surface area contributed by atoms with Gasteiger partial charge in [-0.15, -0.1) is 0 Å². The number of nitrogens with one attached hydrogen (secondary N) is 1. The summed E-state index contributed by atoms with van der Waals surface area (Å²) in [6.45, 7) is 0.377. The number of imidazole rings is 1. The Kier molecular flexibility index (Phi) is 4.97. The van der Waals surface area contributed by atoms with Crippen LogP contribution in [0.4, 0.5) is 0 Å². The van der Waals surface area contributed by atoms with Crippen LogP contribution in [0.5, 0.6) is 0 Å². The predicted octanol–water partition coefficient (Wildman–Crippen LogP) is 2.51. The van der Waals surface area contributed by atoms with Gasteiger partial charge in [-0.05, 0) is 37.3 Å². The van der Waals surface area contributed by atoms with Crippen LogP contribution in [0, 0.1) is 5.92 Å². The smallest absolute Gasteiger partial charge is 0.254 e. The standard InChI is InChI=1S/C21H26N4O2/c1-24-12-11-22-19(24)14-23-20(26)18-13-16-9-5-6-10-17(16)25(18)21(27)15-7-3-2-4-8-15/h2-4,7-8,11-12,16-18H,5-6,9-10,13-14H2,1H3,(H,23,26). The number of fused-ring (bicyclic) bond motifs is 1. The molecule has 0 radical (unpaired) electrons. The van der Waals surface area contributed by atoms with Crippen molar-refractivity contribution in [2.24, 2.45) is 13.0 Å². The number of hydrogen-bond acceptors (Lipinski definition) is 3. The first kappa shape index (κ1) is 17.8. The van der Waals surface area contributed by atoms with Crippen molar-refractivity contribution in [2.75, 3.05) is 0 Å². The van der Waals surface area contributed by atoms with Crippen LogP contribution in [-0.2, 0) is 18.4 Å². The first-order valence-electron chi connectivity index (χ1n) is 9.77. The molecule has 2 fully saturated rings. The molecule has 142 valence electrons. The zero-order chi connectivity index (χ0) is 18.8. The van der Waals surface area contributed by atoms with E-state index in [2.05, 4.69) is 10.3 Å². The topological polar surface area (TPSA) is 67.2 Å². The van der Waals surface area contributed by atoms with E-state index in [-0.39, 0.29) is 17.9 Å². The second-order valence-corrected chi connectivity index (χ2v) is 7.61. The highest BCUT2D eigenvalue weighted by atomic mass is 16.2. The number of carbonyl (C=O) groups excluding carboxylic acids is 2. The molecule has 3 atom stereocenters. The van der Waals surface area contributed by atoms with Crippen LogP contribution in [-0.4, -0.2) is 38.3 Å². The summed E-state index contributed by atoms with van der Waals surface area (Å²) in [5, 5.41) is 3.00. The van der Waals surface area contributed by atoms with Crippen LogP contribution >= 0.6 is 0 Å². The second-order valence-electron chi connectivity index (χ2n) is 7.61. The summed E-state index contributed by atoms with van der Waals surface area (Å²) in [7, 11) is 1.91. The Bertz CT molecular complexity index is 817. The van der Waals surface area contributed by atoms with Crippen molar-refractivity contribution >= 4 is 11.8 Å². The molecule has 1 saturated carbocycles. The number of benzene rings is 1. The van der Waals surface area contributed by atoms with E-state index >= 15 is 0 Å². The van der Waals surface area contributed by atoms with Crippen molar-refractivity contribution in [2.45, 2.75) is 50.7 Å². The summed E-state index contributed by atoms with van der Waals surface area (Å²) >= 11 is 0. The van der Waals surface area contributed by atoms with Gasteiger partial charge in [0.1, 0.15) is 11.9 Å². The van der Waals surface area contributed by atoms with Gasteiger partial charge in [0, 0.05) is 31.0 Å². The lowest BCUT2D eigenvalue weighted by Crippen LogP contribution is -2.49. The molecule has 3 unspecified atom stereocenters. The monoisotopic (exact) mass is 366 g/mol. The van der Waals surface area contributed by atoms with Gasteiger partial charge in [-0.3, -0.25) is 9.59 Å². The van der Waals surface area contributed by atoms with Gasteiger partial charge in [-0.1, -0.05) is 31.0 Å². The number of rotatable bonds is 4. The number of aryl methyl sites for hydroxylation is 1. The largest absolute Gasteiger partial charge is 0.347 e. The predicted molar refractivity (Wildman–Crippen MR) is 102 cm³/mol. The molecule has 1 aromatic carbocycles. The molecular weight excluding hydrogens is 340 g/mol. The maximum atomic E-state index is 13.2. The van der Waals surface area contributed by atoms with E-state index in [1.807, 2.05) is 53.0 Å². The second kappa shape index (κ2) is 7.55. The lowest BCUT2D eigenvalue weighted by molar-refractivity contribution is -0.125. The first-order valence-corrected chi connectivity index (χ1v) is 9.77. The Labute approximate surface area is 159 Å². The molecule has 4 rings (SSSR count). The Morgan fingerprint density at radius 3 is 2.70 bits per heavy atom. The molecule has 0 bridgehead atoms. The van der Waals surface area contributed by atoms with Gasteiger partial charge in [-0.25, -0.2) is 4.98 Å².